The summed E-state index contributed by atoms with van der Waals surface area (Å²) in [5.74, 6) is 1.80. The van der Waals surface area contributed by atoms with E-state index < -0.39 is 5.25 Å². The van der Waals surface area contributed by atoms with Crippen LogP contribution >= 0.6 is 11.8 Å². The number of para-hydroxylation sites is 1. The van der Waals surface area contributed by atoms with Gasteiger partial charge in [-0.3, -0.25) is 9.59 Å². The van der Waals surface area contributed by atoms with Gasteiger partial charge in [0.2, 0.25) is 5.91 Å². The molecule has 0 saturated carbocycles. The van der Waals surface area contributed by atoms with Gasteiger partial charge in [-0.15, -0.1) is 10.2 Å². The average molecular weight is 467 g/mol. The molecule has 8 heteroatoms. The lowest BCUT2D eigenvalue weighted by molar-refractivity contribution is -0.115. The summed E-state index contributed by atoms with van der Waals surface area (Å²) in [6, 6.07) is 16.5. The van der Waals surface area contributed by atoms with Crippen LogP contribution in [0.3, 0.4) is 0 Å². The van der Waals surface area contributed by atoms with E-state index in [1.165, 1.54) is 18.7 Å². The quantitative estimate of drug-likeness (QED) is 0.308. The van der Waals surface area contributed by atoms with Crippen LogP contribution in [0.15, 0.2) is 59.8 Å². The predicted octanol–water partition coefficient (Wildman–Crippen LogP) is 5.23. The van der Waals surface area contributed by atoms with Crippen LogP contribution in [0.1, 0.15) is 50.3 Å². The highest BCUT2D eigenvalue weighted by molar-refractivity contribution is 8.00. The van der Waals surface area contributed by atoms with Gasteiger partial charge < -0.3 is 14.6 Å². The van der Waals surface area contributed by atoms with Gasteiger partial charge in [-0.05, 0) is 50.5 Å². The number of amides is 1. The minimum absolute atomic E-state index is 0.0444. The van der Waals surface area contributed by atoms with E-state index >= 15 is 0 Å². The molecule has 0 bridgehead atoms. The number of rotatable bonds is 11. The maximum Gasteiger partial charge on any atom is 0.237 e. The molecule has 7 nitrogen and oxygen atoms in total. The standard InChI is InChI=1S/C25H30N4O3S/c1-17(2)13-14-29-23(16-32-22-11-6-5-7-12-22)27-28-25(29)33-19(4)24(31)26-21-10-8-9-20(15-21)18(3)30/h5-12,15,17,19H,13-14,16H2,1-4H3,(H,26,31). The molecule has 33 heavy (non-hydrogen) atoms. The van der Waals surface area contributed by atoms with E-state index in [1.807, 2.05) is 41.8 Å². The fourth-order valence-corrected chi connectivity index (χ4v) is 3.95. The van der Waals surface area contributed by atoms with Crippen molar-refractivity contribution in [2.24, 2.45) is 5.92 Å². The van der Waals surface area contributed by atoms with E-state index in [1.54, 1.807) is 24.3 Å². The molecule has 0 spiro atoms. The Morgan fingerprint density at radius 2 is 1.82 bits per heavy atom. The largest absolute Gasteiger partial charge is 0.486 e. The number of nitrogens with one attached hydrogen (secondary N) is 1. The number of hydrogen-bond acceptors (Lipinski definition) is 6. The number of ether oxygens (including phenoxy) is 1. The van der Waals surface area contributed by atoms with Crippen LogP contribution in [0.5, 0.6) is 5.75 Å². The van der Waals surface area contributed by atoms with Crippen molar-refractivity contribution in [1.29, 1.82) is 0 Å². The molecule has 174 valence electrons. The van der Waals surface area contributed by atoms with Crippen molar-refractivity contribution in [3.8, 4) is 5.75 Å². The number of benzene rings is 2. The van der Waals surface area contributed by atoms with Gasteiger partial charge in [-0.2, -0.15) is 0 Å². The fraction of sp³-hybridized carbons (Fsp3) is 0.360. The fourth-order valence-electron chi connectivity index (χ4n) is 3.06. The molecule has 1 atom stereocenters. The Morgan fingerprint density at radius 1 is 1.06 bits per heavy atom. The number of nitrogens with zero attached hydrogens (tertiary/aromatic N) is 3. The Labute approximate surface area is 198 Å². The van der Waals surface area contributed by atoms with Crippen molar-refractivity contribution in [2.75, 3.05) is 5.32 Å². The molecule has 0 aliphatic rings. The SMILES string of the molecule is CC(=O)c1cccc(NC(=O)C(C)Sc2nnc(COc3ccccc3)n2CCC(C)C)c1. The van der Waals surface area contributed by atoms with Crippen LogP contribution in [0.4, 0.5) is 5.69 Å². The Kier molecular flexibility index (Phi) is 8.65. The van der Waals surface area contributed by atoms with Crippen molar-refractivity contribution < 1.29 is 14.3 Å². The molecule has 1 heterocycles. The average Bonchev–Trinajstić information content (AvgIpc) is 3.18. The van der Waals surface area contributed by atoms with Crippen LogP contribution in [-0.4, -0.2) is 31.7 Å². The topological polar surface area (TPSA) is 86.1 Å². The number of carbonyl (C=O) groups is 2. The second-order valence-electron chi connectivity index (χ2n) is 8.22. The third kappa shape index (κ3) is 7.18. The van der Waals surface area contributed by atoms with Gasteiger partial charge in [-0.1, -0.05) is 55.9 Å². The van der Waals surface area contributed by atoms with Crippen LogP contribution in [0.2, 0.25) is 0 Å². The number of thioether (sulfide) groups is 1. The third-order valence-corrected chi connectivity index (χ3v) is 6.10. The third-order valence-electron chi connectivity index (χ3n) is 5.02. The first-order chi connectivity index (χ1) is 15.8. The summed E-state index contributed by atoms with van der Waals surface area (Å²) in [5.41, 5.74) is 1.16. The summed E-state index contributed by atoms with van der Waals surface area (Å²) >= 11 is 1.36. The number of Topliss-reactive ketones (excluding diaryl/α,β-unsaturated/α-hetero) is 1. The first-order valence-corrected chi connectivity index (χ1v) is 11.9. The molecule has 0 fully saturated rings. The molecule has 3 rings (SSSR count). The van der Waals surface area contributed by atoms with Crippen LogP contribution in [0.25, 0.3) is 0 Å². The van der Waals surface area contributed by atoms with Gasteiger partial charge in [-0.25, -0.2) is 0 Å². The first kappa shape index (κ1) is 24.5. The highest BCUT2D eigenvalue weighted by Crippen LogP contribution is 2.25. The van der Waals surface area contributed by atoms with Crippen LogP contribution < -0.4 is 10.1 Å². The van der Waals surface area contributed by atoms with Gasteiger partial charge >= 0.3 is 0 Å². The van der Waals surface area contributed by atoms with Gasteiger partial charge in [0.05, 0.1) is 5.25 Å². The molecule has 1 amide bonds. The lowest BCUT2D eigenvalue weighted by Crippen LogP contribution is -2.23. The second kappa shape index (κ2) is 11.7. The highest BCUT2D eigenvalue weighted by Gasteiger charge is 2.21. The summed E-state index contributed by atoms with van der Waals surface area (Å²) in [5, 5.41) is 11.8. The molecule has 0 radical (unpaired) electrons. The normalized spacial score (nSPS) is 11.9. The van der Waals surface area contributed by atoms with E-state index in [0.29, 0.717) is 28.9 Å². The molecule has 0 saturated heterocycles. The maximum atomic E-state index is 12.8. The maximum absolute atomic E-state index is 12.8. The number of anilines is 1. The number of carbonyl (C=O) groups excluding carboxylic acids is 2. The van der Waals surface area contributed by atoms with Gasteiger partial charge in [0, 0.05) is 17.8 Å². The molecular formula is C25H30N4O3S. The van der Waals surface area contributed by atoms with E-state index in [2.05, 4.69) is 29.4 Å². The molecule has 0 aliphatic heterocycles. The van der Waals surface area contributed by atoms with Gasteiger partial charge in [0.25, 0.3) is 0 Å². The summed E-state index contributed by atoms with van der Waals surface area (Å²) in [4.78, 5) is 24.4. The summed E-state index contributed by atoms with van der Waals surface area (Å²) in [6.45, 7) is 8.72. The first-order valence-electron chi connectivity index (χ1n) is 11.0. The Morgan fingerprint density at radius 3 is 2.52 bits per heavy atom. The zero-order valence-electron chi connectivity index (χ0n) is 19.4. The number of aromatic nitrogens is 3. The van der Waals surface area contributed by atoms with E-state index in [0.717, 1.165) is 24.5 Å². The number of ketones is 1. The Bertz CT molecular complexity index is 1080. The van der Waals surface area contributed by atoms with Crippen molar-refractivity contribution >= 4 is 29.1 Å². The molecule has 0 aliphatic carbocycles. The zero-order chi connectivity index (χ0) is 23.8. The van der Waals surface area contributed by atoms with Crippen molar-refractivity contribution in [3.63, 3.8) is 0 Å². The predicted molar refractivity (Wildman–Crippen MR) is 131 cm³/mol. The lowest BCUT2D eigenvalue weighted by atomic mass is 10.1. The van der Waals surface area contributed by atoms with Crippen LogP contribution in [0, 0.1) is 5.92 Å². The summed E-state index contributed by atoms with van der Waals surface area (Å²) in [7, 11) is 0. The smallest absolute Gasteiger partial charge is 0.237 e. The second-order valence-corrected chi connectivity index (χ2v) is 9.53. The van der Waals surface area contributed by atoms with Crippen molar-refractivity contribution in [2.45, 2.75) is 57.7 Å². The molecular weight excluding hydrogens is 436 g/mol. The molecule has 2 aromatic carbocycles. The zero-order valence-corrected chi connectivity index (χ0v) is 20.3. The minimum Gasteiger partial charge on any atom is -0.486 e. The van der Waals surface area contributed by atoms with Crippen LogP contribution in [-0.2, 0) is 17.9 Å². The summed E-state index contributed by atoms with van der Waals surface area (Å²) in [6.07, 6.45) is 0.961. The summed E-state index contributed by atoms with van der Waals surface area (Å²) < 4.78 is 7.91. The monoisotopic (exact) mass is 466 g/mol. The Balaban J connectivity index is 1.70. The Hall–Kier alpha value is -3.13. The molecule has 1 aromatic heterocycles. The number of hydrogen-bond donors (Lipinski definition) is 1. The van der Waals surface area contributed by atoms with Gasteiger partial charge in [0.1, 0.15) is 12.4 Å². The van der Waals surface area contributed by atoms with Crippen molar-refractivity contribution in [1.82, 2.24) is 14.8 Å². The van der Waals surface area contributed by atoms with E-state index in [9.17, 15) is 9.59 Å². The van der Waals surface area contributed by atoms with Gasteiger partial charge in [0.15, 0.2) is 16.8 Å². The lowest BCUT2D eigenvalue weighted by Gasteiger charge is -2.15. The minimum atomic E-state index is -0.407. The van der Waals surface area contributed by atoms with E-state index in [-0.39, 0.29) is 11.7 Å². The molecule has 1 unspecified atom stereocenters. The van der Waals surface area contributed by atoms with E-state index in [4.69, 9.17) is 4.74 Å². The molecule has 3 aromatic rings. The van der Waals surface area contributed by atoms with Crippen molar-refractivity contribution in [3.05, 3.63) is 66.0 Å². The molecule has 1 N–H and O–H groups in total. The highest BCUT2D eigenvalue weighted by atomic mass is 32.2.